The first-order valence-corrected chi connectivity index (χ1v) is 7.57. The van der Waals surface area contributed by atoms with Crippen LogP contribution < -0.4 is 4.74 Å². The van der Waals surface area contributed by atoms with Gasteiger partial charge in [-0.15, -0.1) is 0 Å². The Morgan fingerprint density at radius 2 is 1.59 bits per heavy atom. The maximum absolute atomic E-state index is 12.3. The van der Waals surface area contributed by atoms with Gasteiger partial charge in [-0.3, -0.25) is 4.79 Å². The number of fused-ring (bicyclic) bond motifs is 1. The Balaban J connectivity index is 1.48. The third-order valence-corrected chi connectivity index (χ3v) is 4.26. The molecule has 0 heterocycles. The molecule has 3 aromatic carbocycles. The van der Waals surface area contributed by atoms with Gasteiger partial charge in [0.2, 0.25) is 0 Å². The molecule has 1 fully saturated rings. The molecule has 0 bridgehead atoms. The van der Waals surface area contributed by atoms with E-state index in [1.54, 1.807) is 0 Å². The minimum Gasteiger partial charge on any atom is -0.426 e. The molecule has 3 aromatic rings. The van der Waals surface area contributed by atoms with Gasteiger partial charge in [-0.25, -0.2) is 0 Å². The van der Waals surface area contributed by atoms with Gasteiger partial charge in [0, 0.05) is 0 Å². The van der Waals surface area contributed by atoms with E-state index in [0.717, 1.165) is 17.2 Å². The van der Waals surface area contributed by atoms with Gasteiger partial charge in [-0.2, -0.15) is 0 Å². The summed E-state index contributed by atoms with van der Waals surface area (Å²) in [6.45, 7) is 0. The van der Waals surface area contributed by atoms with E-state index in [-0.39, 0.29) is 11.9 Å². The molecule has 4 rings (SSSR count). The van der Waals surface area contributed by atoms with Crippen molar-refractivity contribution in [1.29, 1.82) is 0 Å². The van der Waals surface area contributed by atoms with Crippen molar-refractivity contribution in [1.82, 2.24) is 0 Å². The third-order valence-electron chi connectivity index (χ3n) is 4.26. The summed E-state index contributed by atoms with van der Waals surface area (Å²) in [5.41, 5.74) is 1.22. The summed E-state index contributed by atoms with van der Waals surface area (Å²) in [5, 5.41) is 2.24. The van der Waals surface area contributed by atoms with Gasteiger partial charge in [-0.05, 0) is 40.8 Å². The predicted molar refractivity (Wildman–Crippen MR) is 86.9 cm³/mol. The van der Waals surface area contributed by atoms with Crippen LogP contribution in [0.25, 0.3) is 10.8 Å². The fraction of sp³-hybridized carbons (Fsp3) is 0.150. The van der Waals surface area contributed by atoms with Crippen LogP contribution in [0.4, 0.5) is 0 Å². The molecule has 0 amide bonds. The van der Waals surface area contributed by atoms with Crippen LogP contribution in [0.2, 0.25) is 0 Å². The summed E-state index contributed by atoms with van der Waals surface area (Å²) in [6, 6.07) is 24.0. The molecular weight excluding hydrogens is 272 g/mol. The minimum absolute atomic E-state index is 0.00568. The lowest BCUT2D eigenvalue weighted by Crippen LogP contribution is -2.11. The summed E-state index contributed by atoms with van der Waals surface area (Å²) >= 11 is 0. The van der Waals surface area contributed by atoms with Crippen molar-refractivity contribution < 1.29 is 9.53 Å². The molecule has 0 N–H and O–H groups in total. The van der Waals surface area contributed by atoms with E-state index in [9.17, 15) is 4.79 Å². The number of carbonyl (C=O) groups excluding carboxylic acids is 1. The molecule has 2 nitrogen and oxygen atoms in total. The van der Waals surface area contributed by atoms with Crippen LogP contribution in [0.5, 0.6) is 5.75 Å². The molecule has 0 radical (unpaired) electrons. The van der Waals surface area contributed by atoms with Gasteiger partial charge in [0.15, 0.2) is 0 Å². The van der Waals surface area contributed by atoms with Crippen molar-refractivity contribution in [3.63, 3.8) is 0 Å². The number of esters is 1. The van der Waals surface area contributed by atoms with Gasteiger partial charge in [-0.1, -0.05) is 60.7 Å². The molecule has 0 unspecified atom stereocenters. The number of carbonyl (C=O) groups is 1. The summed E-state index contributed by atoms with van der Waals surface area (Å²) in [6.07, 6.45) is 0.885. The molecule has 2 atom stereocenters. The van der Waals surface area contributed by atoms with Crippen LogP contribution in [0.15, 0.2) is 72.8 Å². The van der Waals surface area contributed by atoms with Crippen molar-refractivity contribution in [3.05, 3.63) is 78.4 Å². The lowest BCUT2D eigenvalue weighted by Gasteiger charge is -2.05. The van der Waals surface area contributed by atoms with E-state index in [4.69, 9.17) is 4.74 Å². The second-order valence-corrected chi connectivity index (χ2v) is 5.79. The largest absolute Gasteiger partial charge is 0.426 e. The molecule has 1 aliphatic carbocycles. The van der Waals surface area contributed by atoms with Gasteiger partial charge in [0.05, 0.1) is 5.92 Å². The SMILES string of the molecule is O=C(Oc1ccc2ccccc2c1)[C@@H]1C[C@@H]1c1ccccc1. The standard InChI is InChI=1S/C20H16O2/c21-20(19-13-18(19)15-7-2-1-3-8-15)22-17-11-10-14-6-4-5-9-16(14)12-17/h1-12,18-19H,13H2/t18-,19-/m1/s1. The lowest BCUT2D eigenvalue weighted by molar-refractivity contribution is -0.135. The van der Waals surface area contributed by atoms with Gasteiger partial charge in [0.25, 0.3) is 0 Å². The number of hydrogen-bond donors (Lipinski definition) is 0. The zero-order valence-electron chi connectivity index (χ0n) is 12.1. The normalized spacial score (nSPS) is 19.8. The van der Waals surface area contributed by atoms with Crippen molar-refractivity contribution in [3.8, 4) is 5.75 Å². The topological polar surface area (TPSA) is 26.3 Å². The van der Waals surface area contributed by atoms with Crippen LogP contribution in [-0.2, 0) is 4.79 Å². The monoisotopic (exact) mass is 288 g/mol. The van der Waals surface area contributed by atoms with E-state index in [0.29, 0.717) is 11.7 Å². The smallest absolute Gasteiger partial charge is 0.314 e. The second kappa shape index (κ2) is 5.30. The van der Waals surface area contributed by atoms with Crippen LogP contribution in [-0.4, -0.2) is 5.97 Å². The highest BCUT2D eigenvalue weighted by Crippen LogP contribution is 2.48. The Morgan fingerprint density at radius 1 is 0.864 bits per heavy atom. The quantitative estimate of drug-likeness (QED) is 0.522. The Hall–Kier alpha value is -2.61. The number of benzene rings is 3. The lowest BCUT2D eigenvalue weighted by atomic mass is 10.1. The average molecular weight is 288 g/mol. The molecule has 0 aromatic heterocycles. The number of hydrogen-bond acceptors (Lipinski definition) is 2. The van der Waals surface area contributed by atoms with E-state index < -0.39 is 0 Å². The summed E-state index contributed by atoms with van der Waals surface area (Å²) in [7, 11) is 0. The van der Waals surface area contributed by atoms with E-state index in [2.05, 4.69) is 12.1 Å². The maximum Gasteiger partial charge on any atom is 0.314 e. The number of rotatable bonds is 3. The third kappa shape index (κ3) is 2.48. The molecule has 108 valence electrons. The van der Waals surface area contributed by atoms with Gasteiger partial charge < -0.3 is 4.74 Å². The van der Waals surface area contributed by atoms with Crippen molar-refractivity contribution in [2.45, 2.75) is 12.3 Å². The highest BCUT2D eigenvalue weighted by atomic mass is 16.5. The van der Waals surface area contributed by atoms with Crippen LogP contribution in [0.1, 0.15) is 17.9 Å². The molecule has 0 spiro atoms. The van der Waals surface area contributed by atoms with Gasteiger partial charge >= 0.3 is 5.97 Å². The summed E-state index contributed by atoms with van der Waals surface area (Å²) in [4.78, 5) is 12.3. The zero-order valence-corrected chi connectivity index (χ0v) is 12.1. The highest BCUT2D eigenvalue weighted by Gasteiger charge is 2.45. The van der Waals surface area contributed by atoms with E-state index >= 15 is 0 Å². The molecule has 0 aliphatic heterocycles. The van der Waals surface area contributed by atoms with E-state index in [1.165, 1.54) is 5.56 Å². The first kappa shape index (κ1) is 13.1. The molecule has 2 heteroatoms. The average Bonchev–Trinajstić information content (AvgIpc) is 3.36. The Kier molecular flexibility index (Phi) is 3.15. The Morgan fingerprint density at radius 3 is 2.41 bits per heavy atom. The fourth-order valence-corrected chi connectivity index (χ4v) is 2.95. The zero-order chi connectivity index (χ0) is 14.9. The Labute approximate surface area is 129 Å². The predicted octanol–water partition coefficient (Wildman–Crippen LogP) is 4.55. The molecule has 0 saturated heterocycles. The second-order valence-electron chi connectivity index (χ2n) is 5.79. The van der Waals surface area contributed by atoms with E-state index in [1.807, 2.05) is 60.7 Å². The van der Waals surface area contributed by atoms with Crippen LogP contribution in [0.3, 0.4) is 0 Å². The van der Waals surface area contributed by atoms with Crippen LogP contribution in [0, 0.1) is 5.92 Å². The van der Waals surface area contributed by atoms with Crippen molar-refractivity contribution in [2.24, 2.45) is 5.92 Å². The first-order chi connectivity index (χ1) is 10.8. The first-order valence-electron chi connectivity index (χ1n) is 7.57. The molecule has 1 saturated carbocycles. The molecule has 22 heavy (non-hydrogen) atoms. The number of ether oxygens (including phenoxy) is 1. The molecular formula is C20H16O2. The van der Waals surface area contributed by atoms with Crippen molar-refractivity contribution >= 4 is 16.7 Å². The summed E-state index contributed by atoms with van der Waals surface area (Å²) < 4.78 is 5.56. The minimum atomic E-state index is -0.121. The van der Waals surface area contributed by atoms with Crippen molar-refractivity contribution in [2.75, 3.05) is 0 Å². The van der Waals surface area contributed by atoms with Gasteiger partial charge in [0.1, 0.15) is 5.75 Å². The highest BCUT2D eigenvalue weighted by molar-refractivity contribution is 5.85. The summed E-state index contributed by atoms with van der Waals surface area (Å²) in [5.74, 6) is 0.814. The fourth-order valence-electron chi connectivity index (χ4n) is 2.95. The Bertz CT molecular complexity index is 823. The van der Waals surface area contributed by atoms with Crippen LogP contribution >= 0.6 is 0 Å². The molecule has 1 aliphatic rings. The maximum atomic E-state index is 12.3.